The molecule has 2 fully saturated rings. The molecule has 0 spiro atoms. The molecule has 166 valence electrons. The summed E-state index contributed by atoms with van der Waals surface area (Å²) in [4.78, 5) is 0. The third-order valence-electron chi connectivity index (χ3n) is 4.68. The molecule has 0 radical (unpaired) electrons. The standard InChI is InChI=1S/C15H29NO12/c16-5(3-25-12-6(1-17)27-14(23)10(21)8(12)19)4-26-13-7(2-18)28-15(24)11(22)9(13)20/h5-15,17-24H,1-4,16H2/t5?,6-,7-,8-,9-,10+,11+,12-,13-,14?,15?/m1/s1. The number of aliphatic hydroxyl groups excluding tert-OH is 8. The normalized spacial score (nSPS) is 45.8. The summed E-state index contributed by atoms with van der Waals surface area (Å²) in [6, 6.07) is -0.814. The molecule has 2 heterocycles. The fourth-order valence-corrected chi connectivity index (χ4v) is 3.06. The molecule has 0 aliphatic carbocycles. The fraction of sp³-hybridized carbons (Fsp3) is 1.00. The molecule has 13 heteroatoms. The number of hydrogen-bond donors (Lipinski definition) is 9. The third kappa shape index (κ3) is 5.34. The van der Waals surface area contributed by atoms with E-state index in [0.29, 0.717) is 0 Å². The van der Waals surface area contributed by atoms with E-state index >= 15 is 0 Å². The summed E-state index contributed by atoms with van der Waals surface area (Å²) in [5, 5.41) is 76.7. The number of hydrogen-bond acceptors (Lipinski definition) is 13. The molecular weight excluding hydrogens is 386 g/mol. The molecule has 10 atom stereocenters. The highest BCUT2D eigenvalue weighted by atomic mass is 16.7. The van der Waals surface area contributed by atoms with Crippen LogP contribution in [-0.4, -0.2) is 135 Å². The van der Waals surface area contributed by atoms with Crippen LogP contribution >= 0.6 is 0 Å². The van der Waals surface area contributed by atoms with E-state index in [-0.39, 0.29) is 13.2 Å². The monoisotopic (exact) mass is 415 g/mol. The lowest BCUT2D eigenvalue weighted by atomic mass is 9.99. The van der Waals surface area contributed by atoms with Crippen molar-refractivity contribution < 1.29 is 59.8 Å². The minimum Gasteiger partial charge on any atom is -0.394 e. The van der Waals surface area contributed by atoms with Crippen molar-refractivity contribution in [1.82, 2.24) is 0 Å². The summed E-state index contributed by atoms with van der Waals surface area (Å²) in [5.41, 5.74) is 5.85. The van der Waals surface area contributed by atoms with Crippen molar-refractivity contribution in [2.75, 3.05) is 26.4 Å². The molecule has 0 aromatic heterocycles. The van der Waals surface area contributed by atoms with E-state index < -0.39 is 80.7 Å². The second kappa shape index (κ2) is 10.5. The van der Waals surface area contributed by atoms with Crippen LogP contribution in [0.1, 0.15) is 0 Å². The second-order valence-corrected chi connectivity index (χ2v) is 6.81. The highest BCUT2D eigenvalue weighted by Gasteiger charge is 2.46. The Morgan fingerprint density at radius 1 is 0.679 bits per heavy atom. The molecule has 13 nitrogen and oxygen atoms in total. The molecular formula is C15H29NO12. The van der Waals surface area contributed by atoms with Crippen molar-refractivity contribution in [2.45, 2.75) is 67.5 Å². The van der Waals surface area contributed by atoms with Crippen LogP contribution in [0.25, 0.3) is 0 Å². The third-order valence-corrected chi connectivity index (χ3v) is 4.68. The van der Waals surface area contributed by atoms with Crippen molar-refractivity contribution in [3.63, 3.8) is 0 Å². The summed E-state index contributed by atoms with van der Waals surface area (Å²) in [6.07, 6.45) is -14.2. The highest BCUT2D eigenvalue weighted by Crippen LogP contribution is 2.24. The van der Waals surface area contributed by atoms with Gasteiger partial charge in [-0.05, 0) is 0 Å². The van der Waals surface area contributed by atoms with E-state index in [1.807, 2.05) is 0 Å². The predicted molar refractivity (Wildman–Crippen MR) is 87.4 cm³/mol. The molecule has 0 amide bonds. The van der Waals surface area contributed by atoms with Gasteiger partial charge in [0.15, 0.2) is 12.6 Å². The minimum atomic E-state index is -1.67. The van der Waals surface area contributed by atoms with Crippen molar-refractivity contribution >= 4 is 0 Å². The van der Waals surface area contributed by atoms with Gasteiger partial charge < -0.3 is 65.5 Å². The number of aliphatic hydroxyl groups is 8. The zero-order valence-corrected chi connectivity index (χ0v) is 15.0. The number of rotatable bonds is 8. The summed E-state index contributed by atoms with van der Waals surface area (Å²) in [7, 11) is 0. The highest BCUT2D eigenvalue weighted by molar-refractivity contribution is 4.91. The Balaban J connectivity index is 1.85. The summed E-state index contributed by atoms with van der Waals surface area (Å²) in [6.45, 7) is -1.60. The van der Waals surface area contributed by atoms with Gasteiger partial charge in [0.2, 0.25) is 0 Å². The SMILES string of the molecule is NC(CO[C@H]1[C@H](O)[C@H](O)C(O)O[C@@H]1CO)CO[C@H]1[C@H](O)[C@H](O)C(O)O[C@@H]1CO. The number of nitrogens with two attached hydrogens (primary N) is 1. The van der Waals surface area contributed by atoms with E-state index in [1.54, 1.807) is 0 Å². The van der Waals surface area contributed by atoms with Gasteiger partial charge in [0, 0.05) is 0 Å². The predicted octanol–water partition coefficient (Wildman–Crippen LogP) is -6.05. The maximum Gasteiger partial charge on any atom is 0.184 e. The first kappa shape index (κ1) is 23.8. The Morgan fingerprint density at radius 3 is 1.36 bits per heavy atom. The lowest BCUT2D eigenvalue weighted by Gasteiger charge is -2.41. The second-order valence-electron chi connectivity index (χ2n) is 6.81. The largest absolute Gasteiger partial charge is 0.394 e. The molecule has 10 N–H and O–H groups in total. The molecule has 2 rings (SSSR count). The molecule has 2 aliphatic heterocycles. The van der Waals surface area contributed by atoms with Crippen molar-refractivity contribution in [3.8, 4) is 0 Å². The quantitative estimate of drug-likeness (QED) is 0.180. The first-order chi connectivity index (χ1) is 13.2. The Morgan fingerprint density at radius 2 is 1.04 bits per heavy atom. The van der Waals surface area contributed by atoms with E-state index in [9.17, 15) is 40.9 Å². The first-order valence-electron chi connectivity index (χ1n) is 8.81. The van der Waals surface area contributed by atoms with Gasteiger partial charge >= 0.3 is 0 Å². The van der Waals surface area contributed by atoms with E-state index in [2.05, 4.69) is 0 Å². The summed E-state index contributed by atoms with van der Waals surface area (Å²) < 4.78 is 20.7. The zero-order valence-electron chi connectivity index (χ0n) is 15.0. The smallest absolute Gasteiger partial charge is 0.184 e. The molecule has 2 unspecified atom stereocenters. The molecule has 0 aromatic carbocycles. The molecule has 0 saturated carbocycles. The van der Waals surface area contributed by atoms with Crippen molar-refractivity contribution in [2.24, 2.45) is 5.73 Å². The van der Waals surface area contributed by atoms with E-state index in [0.717, 1.165) is 0 Å². The van der Waals surface area contributed by atoms with Gasteiger partial charge in [-0.15, -0.1) is 0 Å². The van der Waals surface area contributed by atoms with Gasteiger partial charge in [0.25, 0.3) is 0 Å². The lowest BCUT2D eigenvalue weighted by Crippen LogP contribution is -2.60. The van der Waals surface area contributed by atoms with Crippen LogP contribution in [0.2, 0.25) is 0 Å². The fourth-order valence-electron chi connectivity index (χ4n) is 3.06. The van der Waals surface area contributed by atoms with Gasteiger partial charge in [-0.25, -0.2) is 0 Å². The van der Waals surface area contributed by atoms with Crippen LogP contribution in [0.15, 0.2) is 0 Å². The Kier molecular flexibility index (Phi) is 8.90. The summed E-state index contributed by atoms with van der Waals surface area (Å²) in [5.74, 6) is 0. The maximum atomic E-state index is 9.98. The molecule has 2 aliphatic rings. The van der Waals surface area contributed by atoms with E-state index in [1.165, 1.54) is 0 Å². The van der Waals surface area contributed by atoms with Gasteiger partial charge in [-0.2, -0.15) is 0 Å². The van der Waals surface area contributed by atoms with E-state index in [4.69, 9.17) is 24.7 Å². The average Bonchev–Trinajstić information content (AvgIpc) is 2.68. The van der Waals surface area contributed by atoms with Gasteiger partial charge in [-0.1, -0.05) is 0 Å². The Hall–Kier alpha value is -0.520. The number of ether oxygens (including phenoxy) is 4. The Labute approximate surface area is 160 Å². The van der Waals surface area contributed by atoms with Crippen LogP contribution < -0.4 is 5.73 Å². The van der Waals surface area contributed by atoms with Crippen molar-refractivity contribution in [1.29, 1.82) is 0 Å². The Bertz CT molecular complexity index is 428. The van der Waals surface area contributed by atoms with Crippen LogP contribution in [0.4, 0.5) is 0 Å². The minimum absolute atomic E-state index is 0.219. The van der Waals surface area contributed by atoms with Crippen LogP contribution in [-0.2, 0) is 18.9 Å². The maximum absolute atomic E-state index is 9.98. The molecule has 0 bridgehead atoms. The lowest BCUT2D eigenvalue weighted by molar-refractivity contribution is -0.298. The zero-order chi connectivity index (χ0) is 21.0. The van der Waals surface area contributed by atoms with Crippen LogP contribution in [0.5, 0.6) is 0 Å². The van der Waals surface area contributed by atoms with Crippen molar-refractivity contribution in [3.05, 3.63) is 0 Å². The van der Waals surface area contributed by atoms with Gasteiger partial charge in [0.05, 0.1) is 32.5 Å². The van der Waals surface area contributed by atoms with Crippen LogP contribution in [0.3, 0.4) is 0 Å². The summed E-state index contributed by atoms with van der Waals surface area (Å²) >= 11 is 0. The van der Waals surface area contributed by atoms with Crippen LogP contribution in [0, 0.1) is 0 Å². The van der Waals surface area contributed by atoms with Gasteiger partial charge in [0.1, 0.15) is 48.8 Å². The molecule has 0 aromatic rings. The molecule has 28 heavy (non-hydrogen) atoms. The topological polar surface area (TPSA) is 225 Å². The van der Waals surface area contributed by atoms with Gasteiger partial charge in [-0.3, -0.25) is 0 Å². The molecule has 2 saturated heterocycles. The first-order valence-corrected chi connectivity index (χ1v) is 8.81. The average molecular weight is 415 g/mol.